The van der Waals surface area contributed by atoms with Gasteiger partial charge in [0.15, 0.2) is 0 Å². The highest BCUT2D eigenvalue weighted by Gasteiger charge is 2.56. The van der Waals surface area contributed by atoms with E-state index in [1.165, 1.54) is 50.5 Å². The van der Waals surface area contributed by atoms with Gasteiger partial charge < -0.3 is 0 Å². The summed E-state index contributed by atoms with van der Waals surface area (Å²) in [5.74, 6) is 2.49. The van der Waals surface area contributed by atoms with Crippen LogP contribution in [0, 0.1) is 28.6 Å². The Morgan fingerprint density at radius 3 is 2.62 bits per heavy atom. The van der Waals surface area contributed by atoms with Crippen LogP contribution in [0.2, 0.25) is 0 Å². The van der Waals surface area contributed by atoms with Gasteiger partial charge in [0.25, 0.3) is 0 Å². The van der Waals surface area contributed by atoms with Crippen LogP contribution in [0.3, 0.4) is 0 Å². The molecule has 130 valence electrons. The number of carbonyl (C=O) groups is 1. The second kappa shape index (κ2) is 5.71. The number of carbonyl (C=O) groups excluding carboxylic acids is 1. The van der Waals surface area contributed by atoms with Gasteiger partial charge >= 0.3 is 0 Å². The Hall–Kier alpha value is -1.11. The first-order chi connectivity index (χ1) is 11.5. The first kappa shape index (κ1) is 16.4. The number of allylic oxidation sites excluding steroid dienone is 6. The highest BCUT2D eigenvalue weighted by atomic mass is 16.1. The van der Waals surface area contributed by atoms with Crippen molar-refractivity contribution in [2.45, 2.75) is 72.1 Å². The van der Waals surface area contributed by atoms with Gasteiger partial charge in [-0.3, -0.25) is 4.79 Å². The van der Waals surface area contributed by atoms with Gasteiger partial charge in [-0.15, -0.1) is 0 Å². The smallest absolute Gasteiger partial charge is 0.142 e. The first-order valence-electron chi connectivity index (χ1n) is 10.0. The van der Waals surface area contributed by atoms with Crippen molar-refractivity contribution in [3.05, 3.63) is 34.9 Å². The molecule has 24 heavy (non-hydrogen) atoms. The van der Waals surface area contributed by atoms with E-state index in [2.05, 4.69) is 32.9 Å². The molecule has 3 saturated carbocycles. The Balaban J connectivity index is 1.67. The molecule has 0 saturated heterocycles. The lowest BCUT2D eigenvalue weighted by molar-refractivity contribution is -0.104. The summed E-state index contributed by atoms with van der Waals surface area (Å²) < 4.78 is 0. The van der Waals surface area contributed by atoms with Crippen molar-refractivity contribution in [2.24, 2.45) is 28.6 Å². The molecule has 0 aliphatic heterocycles. The lowest BCUT2D eigenvalue weighted by atomic mass is 9.47. The van der Waals surface area contributed by atoms with Crippen LogP contribution in [0.1, 0.15) is 72.1 Å². The van der Waals surface area contributed by atoms with Crippen LogP contribution in [-0.2, 0) is 4.79 Å². The molecule has 0 N–H and O–H groups in total. The number of fused-ring (bicyclic) bond motifs is 5. The molecule has 0 spiro atoms. The molecule has 1 heteroatoms. The van der Waals surface area contributed by atoms with Gasteiger partial charge in [0.2, 0.25) is 0 Å². The molecule has 0 aromatic rings. The summed E-state index contributed by atoms with van der Waals surface area (Å²) in [5, 5.41) is 0. The zero-order valence-corrected chi connectivity index (χ0v) is 15.6. The largest absolute Gasteiger partial charge is 0.299 e. The maximum Gasteiger partial charge on any atom is 0.142 e. The first-order valence-corrected chi connectivity index (χ1v) is 10.0. The standard InChI is InChI=1S/C23H32O/c1-4-16-9-12-23(3)18(15-16)5-7-19-20-8-6-17(11-14-24)22(20,2)13-10-21(19)23/h4-5,11,14,19-21H,6-10,12-13,15H2,1-3H3/t19-,20-,21-,22+,23-/m0/s1. The SMILES string of the molecule is CC=C1CC[C@@]2(C)C(=CC[C@@H]3[C@@H]2CC[C@]2(C)C(=CC=O)CC[C@@H]32)C1. The molecule has 0 bridgehead atoms. The summed E-state index contributed by atoms with van der Waals surface area (Å²) in [4.78, 5) is 11.1. The van der Waals surface area contributed by atoms with E-state index in [9.17, 15) is 4.79 Å². The number of rotatable bonds is 1. The molecule has 4 aliphatic carbocycles. The fraction of sp³-hybridized carbons (Fsp3) is 0.696. The summed E-state index contributed by atoms with van der Waals surface area (Å²) in [6, 6.07) is 0. The van der Waals surface area contributed by atoms with Gasteiger partial charge in [-0.25, -0.2) is 0 Å². The predicted octanol–water partition coefficient (Wildman–Crippen LogP) is 6.02. The van der Waals surface area contributed by atoms with Crippen LogP contribution in [-0.4, -0.2) is 6.29 Å². The number of hydrogen-bond acceptors (Lipinski definition) is 1. The Morgan fingerprint density at radius 2 is 1.88 bits per heavy atom. The highest BCUT2D eigenvalue weighted by Crippen LogP contribution is 2.66. The Kier molecular flexibility index (Phi) is 3.90. The van der Waals surface area contributed by atoms with Crippen LogP contribution in [0.15, 0.2) is 34.9 Å². The summed E-state index contributed by atoms with van der Waals surface area (Å²) in [6.07, 6.45) is 18.1. The summed E-state index contributed by atoms with van der Waals surface area (Å²) >= 11 is 0. The molecule has 0 amide bonds. The third-order valence-electron chi connectivity index (χ3n) is 8.53. The molecule has 4 rings (SSSR count). The van der Waals surface area contributed by atoms with Gasteiger partial charge in [-0.2, -0.15) is 0 Å². The topological polar surface area (TPSA) is 17.1 Å². The minimum absolute atomic E-state index is 0.299. The van der Waals surface area contributed by atoms with Crippen molar-refractivity contribution in [2.75, 3.05) is 0 Å². The van der Waals surface area contributed by atoms with Crippen molar-refractivity contribution >= 4 is 6.29 Å². The molecule has 4 aliphatic rings. The average molecular weight is 325 g/mol. The third-order valence-corrected chi connectivity index (χ3v) is 8.53. The highest BCUT2D eigenvalue weighted by molar-refractivity contribution is 5.67. The summed E-state index contributed by atoms with van der Waals surface area (Å²) in [5.41, 5.74) is 5.57. The van der Waals surface area contributed by atoms with Crippen molar-refractivity contribution in [3.63, 3.8) is 0 Å². The Labute approximate surface area is 147 Å². The molecule has 5 atom stereocenters. The second-order valence-electron chi connectivity index (χ2n) is 9.21. The van der Waals surface area contributed by atoms with Crippen molar-refractivity contribution in [3.8, 4) is 0 Å². The fourth-order valence-corrected chi connectivity index (χ4v) is 6.98. The maximum atomic E-state index is 11.1. The zero-order chi connectivity index (χ0) is 16.9. The van der Waals surface area contributed by atoms with E-state index in [1.807, 2.05) is 6.08 Å². The molecule has 0 unspecified atom stereocenters. The van der Waals surface area contributed by atoms with Crippen LogP contribution < -0.4 is 0 Å². The normalized spacial score (nSPS) is 47.8. The van der Waals surface area contributed by atoms with E-state index < -0.39 is 0 Å². The molecular formula is C23H32O. The lowest BCUT2D eigenvalue weighted by Gasteiger charge is -2.57. The van der Waals surface area contributed by atoms with E-state index >= 15 is 0 Å². The average Bonchev–Trinajstić information content (AvgIpc) is 2.91. The van der Waals surface area contributed by atoms with Crippen molar-refractivity contribution < 1.29 is 4.79 Å². The Morgan fingerprint density at radius 1 is 1.08 bits per heavy atom. The van der Waals surface area contributed by atoms with Crippen LogP contribution in [0.4, 0.5) is 0 Å². The van der Waals surface area contributed by atoms with Crippen molar-refractivity contribution in [1.82, 2.24) is 0 Å². The van der Waals surface area contributed by atoms with Gasteiger partial charge in [0.05, 0.1) is 0 Å². The summed E-state index contributed by atoms with van der Waals surface area (Å²) in [6.45, 7) is 7.23. The van der Waals surface area contributed by atoms with Gasteiger partial charge in [0, 0.05) is 0 Å². The molecule has 0 aromatic carbocycles. The van der Waals surface area contributed by atoms with Gasteiger partial charge in [0.1, 0.15) is 6.29 Å². The van der Waals surface area contributed by atoms with E-state index in [0.717, 1.165) is 30.5 Å². The Bertz CT molecular complexity index is 636. The predicted molar refractivity (Wildman–Crippen MR) is 99.6 cm³/mol. The lowest BCUT2D eigenvalue weighted by Crippen LogP contribution is -2.48. The molecule has 0 radical (unpaired) electrons. The second-order valence-corrected chi connectivity index (χ2v) is 9.21. The van der Waals surface area contributed by atoms with Gasteiger partial charge in [-0.05, 0) is 93.0 Å². The number of aldehydes is 1. The van der Waals surface area contributed by atoms with Crippen molar-refractivity contribution in [1.29, 1.82) is 0 Å². The third kappa shape index (κ3) is 2.16. The monoisotopic (exact) mass is 324 g/mol. The van der Waals surface area contributed by atoms with Crippen LogP contribution >= 0.6 is 0 Å². The van der Waals surface area contributed by atoms with Gasteiger partial charge in [-0.1, -0.05) is 42.7 Å². The van der Waals surface area contributed by atoms with Crippen LogP contribution in [0.5, 0.6) is 0 Å². The van der Waals surface area contributed by atoms with Crippen LogP contribution in [0.25, 0.3) is 0 Å². The molecule has 1 nitrogen and oxygen atoms in total. The quantitative estimate of drug-likeness (QED) is 0.327. The zero-order valence-electron chi connectivity index (χ0n) is 15.6. The molecule has 3 fully saturated rings. The van der Waals surface area contributed by atoms with E-state index in [-0.39, 0.29) is 0 Å². The minimum atomic E-state index is 0.299. The fourth-order valence-electron chi connectivity index (χ4n) is 6.98. The molecular weight excluding hydrogens is 292 g/mol. The van der Waals surface area contributed by atoms with E-state index in [4.69, 9.17) is 0 Å². The van der Waals surface area contributed by atoms with E-state index in [1.54, 1.807) is 11.1 Å². The molecule has 0 heterocycles. The maximum absolute atomic E-state index is 11.1. The number of hydrogen-bond donors (Lipinski definition) is 0. The summed E-state index contributed by atoms with van der Waals surface area (Å²) in [7, 11) is 0. The minimum Gasteiger partial charge on any atom is -0.299 e. The molecule has 0 aromatic heterocycles. The van der Waals surface area contributed by atoms with E-state index in [0.29, 0.717) is 10.8 Å².